The minimum atomic E-state index is -0.951. The summed E-state index contributed by atoms with van der Waals surface area (Å²) >= 11 is 0. The lowest BCUT2D eigenvalue weighted by Gasteiger charge is -2.21. The Morgan fingerprint density at radius 2 is 2.03 bits per heavy atom. The SMILES string of the molecule is COC(=O)OC[C@@H]1C[C@@H](OC(C)=O)[C@H](n2cc(-c3ccccc3)c(N)nc2=O)O1. The van der Waals surface area contributed by atoms with Crippen LogP contribution < -0.4 is 11.4 Å². The molecule has 1 aliphatic rings. The summed E-state index contributed by atoms with van der Waals surface area (Å²) in [6, 6.07) is 9.17. The van der Waals surface area contributed by atoms with Crippen molar-refractivity contribution < 1.29 is 28.5 Å². The van der Waals surface area contributed by atoms with E-state index in [0.717, 1.165) is 5.56 Å². The zero-order valence-corrected chi connectivity index (χ0v) is 15.9. The van der Waals surface area contributed by atoms with Crippen molar-refractivity contribution in [3.63, 3.8) is 0 Å². The molecule has 3 rings (SSSR count). The molecule has 2 aromatic rings. The van der Waals surface area contributed by atoms with Gasteiger partial charge in [0.25, 0.3) is 0 Å². The van der Waals surface area contributed by atoms with E-state index in [0.29, 0.717) is 5.56 Å². The number of nitrogen functional groups attached to an aromatic ring is 1. The summed E-state index contributed by atoms with van der Waals surface area (Å²) in [4.78, 5) is 39.1. The van der Waals surface area contributed by atoms with E-state index in [4.69, 9.17) is 19.9 Å². The zero-order valence-electron chi connectivity index (χ0n) is 15.9. The number of benzene rings is 1. The number of nitrogens with zero attached hydrogens (tertiary/aromatic N) is 2. The smallest absolute Gasteiger partial charge is 0.458 e. The summed E-state index contributed by atoms with van der Waals surface area (Å²) in [5.74, 6) is -0.456. The van der Waals surface area contributed by atoms with E-state index in [1.165, 1.54) is 24.8 Å². The number of methoxy groups -OCH3 is 1. The van der Waals surface area contributed by atoms with Gasteiger partial charge in [-0.1, -0.05) is 30.3 Å². The van der Waals surface area contributed by atoms with Crippen molar-refractivity contribution >= 4 is 17.9 Å². The molecule has 0 saturated carbocycles. The van der Waals surface area contributed by atoms with Gasteiger partial charge < -0.3 is 24.7 Å². The number of nitrogens with two attached hydrogens (primary N) is 1. The average molecular weight is 403 g/mol. The molecule has 0 amide bonds. The number of hydrogen-bond acceptors (Lipinski definition) is 9. The predicted molar refractivity (Wildman–Crippen MR) is 101 cm³/mol. The highest BCUT2D eigenvalue weighted by Crippen LogP contribution is 2.32. The van der Waals surface area contributed by atoms with E-state index in [2.05, 4.69) is 9.72 Å². The van der Waals surface area contributed by atoms with Crippen LogP contribution in [-0.4, -0.2) is 47.6 Å². The van der Waals surface area contributed by atoms with Gasteiger partial charge in [0, 0.05) is 25.1 Å². The fourth-order valence-electron chi connectivity index (χ4n) is 3.11. The molecule has 0 aliphatic carbocycles. The van der Waals surface area contributed by atoms with Crippen molar-refractivity contribution in [2.24, 2.45) is 0 Å². The highest BCUT2D eigenvalue weighted by molar-refractivity contribution is 5.72. The predicted octanol–water partition coefficient (Wildman–Crippen LogP) is 1.49. The maximum atomic E-state index is 12.5. The second-order valence-corrected chi connectivity index (χ2v) is 6.39. The number of aromatic nitrogens is 2. The van der Waals surface area contributed by atoms with Crippen LogP contribution in [0.2, 0.25) is 0 Å². The van der Waals surface area contributed by atoms with E-state index < -0.39 is 36.3 Å². The molecule has 1 saturated heterocycles. The first-order chi connectivity index (χ1) is 13.9. The summed E-state index contributed by atoms with van der Waals surface area (Å²) in [5.41, 5.74) is 6.58. The van der Waals surface area contributed by atoms with Crippen LogP contribution in [0, 0.1) is 0 Å². The van der Waals surface area contributed by atoms with E-state index >= 15 is 0 Å². The number of anilines is 1. The number of carbonyl (C=O) groups is 2. The summed E-state index contributed by atoms with van der Waals surface area (Å²) < 4.78 is 21.7. The molecule has 10 heteroatoms. The molecule has 1 aliphatic heterocycles. The van der Waals surface area contributed by atoms with Gasteiger partial charge in [-0.25, -0.2) is 9.59 Å². The molecule has 0 bridgehead atoms. The Morgan fingerprint density at radius 1 is 1.31 bits per heavy atom. The molecule has 0 unspecified atom stereocenters. The molecular formula is C19H21N3O7. The summed E-state index contributed by atoms with van der Waals surface area (Å²) in [6.07, 6.45) is -1.45. The standard InChI is InChI=1S/C19H21N3O7/c1-11(23)28-15-8-13(10-27-19(25)26-2)29-17(15)22-9-14(16(20)21-18(22)24)12-6-4-3-5-7-12/h3-7,9,13,15,17H,8,10H2,1-2H3,(H2,20,21,24)/t13-,15+,17+/m0/s1. The number of ether oxygens (including phenoxy) is 4. The van der Waals surface area contributed by atoms with E-state index in [-0.39, 0.29) is 18.8 Å². The highest BCUT2D eigenvalue weighted by atomic mass is 16.7. The molecule has 3 atom stereocenters. The lowest BCUT2D eigenvalue weighted by atomic mass is 10.1. The second-order valence-electron chi connectivity index (χ2n) is 6.39. The maximum Gasteiger partial charge on any atom is 0.508 e. The fourth-order valence-corrected chi connectivity index (χ4v) is 3.11. The van der Waals surface area contributed by atoms with Crippen LogP contribution in [-0.2, 0) is 23.7 Å². The van der Waals surface area contributed by atoms with E-state index in [9.17, 15) is 14.4 Å². The quantitative estimate of drug-likeness (QED) is 0.737. The first kappa shape index (κ1) is 20.3. The molecule has 0 spiro atoms. The molecule has 2 N–H and O–H groups in total. The first-order valence-corrected chi connectivity index (χ1v) is 8.86. The third kappa shape index (κ3) is 4.72. The minimum absolute atomic E-state index is 0.0741. The number of hydrogen-bond donors (Lipinski definition) is 1. The van der Waals surface area contributed by atoms with Crippen molar-refractivity contribution in [1.82, 2.24) is 9.55 Å². The molecule has 29 heavy (non-hydrogen) atoms. The topological polar surface area (TPSA) is 132 Å². The Bertz CT molecular complexity index is 945. The Labute approximate surface area is 166 Å². The molecule has 154 valence electrons. The first-order valence-electron chi connectivity index (χ1n) is 8.86. The molecule has 1 fully saturated rings. The van der Waals surface area contributed by atoms with Crippen LogP contribution >= 0.6 is 0 Å². The van der Waals surface area contributed by atoms with Crippen molar-refractivity contribution in [2.45, 2.75) is 31.8 Å². The van der Waals surface area contributed by atoms with Crippen LogP contribution in [0.5, 0.6) is 0 Å². The van der Waals surface area contributed by atoms with Crippen molar-refractivity contribution in [3.05, 3.63) is 47.0 Å². The van der Waals surface area contributed by atoms with Crippen LogP contribution in [0.1, 0.15) is 19.6 Å². The lowest BCUT2D eigenvalue weighted by Crippen LogP contribution is -2.34. The zero-order chi connectivity index (χ0) is 21.0. The molecular weight excluding hydrogens is 382 g/mol. The van der Waals surface area contributed by atoms with E-state index in [1.54, 1.807) is 0 Å². The molecule has 2 heterocycles. The third-order valence-corrected chi connectivity index (χ3v) is 4.36. The summed E-state index contributed by atoms with van der Waals surface area (Å²) in [7, 11) is 1.19. The van der Waals surface area contributed by atoms with Gasteiger partial charge >= 0.3 is 17.8 Å². The maximum absolute atomic E-state index is 12.5. The summed E-state index contributed by atoms with van der Waals surface area (Å²) in [5, 5.41) is 0. The van der Waals surface area contributed by atoms with Crippen molar-refractivity contribution in [3.8, 4) is 11.1 Å². The normalized spacial score (nSPS) is 20.8. The lowest BCUT2D eigenvalue weighted by molar-refractivity contribution is -0.152. The Morgan fingerprint density at radius 3 is 2.69 bits per heavy atom. The third-order valence-electron chi connectivity index (χ3n) is 4.36. The minimum Gasteiger partial charge on any atom is -0.458 e. The monoisotopic (exact) mass is 403 g/mol. The van der Waals surface area contributed by atoms with Crippen LogP contribution in [0.15, 0.2) is 41.3 Å². The number of esters is 1. The van der Waals surface area contributed by atoms with Gasteiger partial charge in [-0.2, -0.15) is 4.98 Å². The number of rotatable bonds is 5. The molecule has 1 aromatic carbocycles. The summed E-state index contributed by atoms with van der Waals surface area (Å²) in [6.45, 7) is 1.14. The highest BCUT2D eigenvalue weighted by Gasteiger charge is 2.40. The van der Waals surface area contributed by atoms with Gasteiger partial charge in [-0.15, -0.1) is 0 Å². The van der Waals surface area contributed by atoms with Gasteiger partial charge in [0.2, 0.25) is 0 Å². The molecule has 0 radical (unpaired) electrons. The van der Waals surface area contributed by atoms with Gasteiger partial charge in [-0.05, 0) is 5.56 Å². The van der Waals surface area contributed by atoms with Gasteiger partial charge in [0.1, 0.15) is 18.5 Å². The average Bonchev–Trinajstić information content (AvgIpc) is 3.08. The van der Waals surface area contributed by atoms with E-state index in [1.807, 2.05) is 30.3 Å². The Hall–Kier alpha value is -3.40. The number of carbonyl (C=O) groups excluding carboxylic acids is 2. The van der Waals surface area contributed by atoms with Crippen LogP contribution in [0.3, 0.4) is 0 Å². The van der Waals surface area contributed by atoms with Gasteiger partial charge in [0.05, 0.1) is 13.2 Å². The van der Waals surface area contributed by atoms with Gasteiger partial charge in [-0.3, -0.25) is 9.36 Å². The van der Waals surface area contributed by atoms with Crippen molar-refractivity contribution in [2.75, 3.05) is 19.5 Å². The largest absolute Gasteiger partial charge is 0.508 e. The van der Waals surface area contributed by atoms with Crippen molar-refractivity contribution in [1.29, 1.82) is 0 Å². The Balaban J connectivity index is 1.92. The second kappa shape index (κ2) is 8.74. The van der Waals surface area contributed by atoms with Gasteiger partial charge in [0.15, 0.2) is 6.23 Å². The molecule has 1 aromatic heterocycles. The Kier molecular flexibility index (Phi) is 6.13. The fraction of sp³-hybridized carbons (Fsp3) is 0.368. The van der Waals surface area contributed by atoms with Crippen LogP contribution in [0.25, 0.3) is 11.1 Å². The molecule has 10 nitrogen and oxygen atoms in total. The van der Waals surface area contributed by atoms with Crippen LogP contribution in [0.4, 0.5) is 10.6 Å².